The molecule has 1 aromatic rings. The molecule has 0 atom stereocenters. The van der Waals surface area contributed by atoms with Gasteiger partial charge in [0.25, 0.3) is 0 Å². The minimum atomic E-state index is 0.732. The summed E-state index contributed by atoms with van der Waals surface area (Å²) in [7, 11) is 0. The van der Waals surface area contributed by atoms with Crippen LogP contribution < -0.4 is 0 Å². The average Bonchev–Trinajstić information content (AvgIpc) is 2.52. The fourth-order valence-corrected chi connectivity index (χ4v) is 1.51. The second-order valence-electron chi connectivity index (χ2n) is 3.27. The largest absolute Gasteiger partial charge is 0.307 e. The fourth-order valence-electron chi connectivity index (χ4n) is 1.32. The van der Waals surface area contributed by atoms with Crippen molar-refractivity contribution in [2.24, 2.45) is 0 Å². The van der Waals surface area contributed by atoms with Crippen molar-refractivity contribution in [1.29, 1.82) is 0 Å². The molecule has 0 fully saturated rings. The topological polar surface area (TPSA) is 33.6 Å². The van der Waals surface area contributed by atoms with E-state index < -0.39 is 0 Å². The van der Waals surface area contributed by atoms with Gasteiger partial charge >= 0.3 is 0 Å². The van der Waals surface area contributed by atoms with Gasteiger partial charge in [0, 0.05) is 6.54 Å². The first-order valence-corrected chi connectivity index (χ1v) is 5.35. The van der Waals surface area contributed by atoms with Gasteiger partial charge in [-0.15, -0.1) is 0 Å². The molecule has 0 aliphatic carbocycles. The Hall–Kier alpha value is -0.640. The first kappa shape index (κ1) is 10.4. The molecule has 0 amide bonds. The number of nitrogens with zero attached hydrogens (tertiary/aromatic N) is 2. The molecule has 0 bridgehead atoms. The summed E-state index contributed by atoms with van der Waals surface area (Å²) in [5, 5.41) is 6.62. The molecular formula is C9H17N3S. The van der Waals surface area contributed by atoms with Crippen molar-refractivity contribution in [3.8, 4) is 0 Å². The fraction of sp³-hybridized carbons (Fsp3) is 0.778. The summed E-state index contributed by atoms with van der Waals surface area (Å²) in [6, 6.07) is 0. The highest BCUT2D eigenvalue weighted by Crippen LogP contribution is 2.03. The molecule has 0 radical (unpaired) electrons. The van der Waals surface area contributed by atoms with E-state index in [1.165, 1.54) is 32.1 Å². The molecule has 3 nitrogen and oxygen atoms in total. The van der Waals surface area contributed by atoms with Crippen LogP contribution in [0.1, 0.15) is 39.0 Å². The molecule has 1 aromatic heterocycles. The molecule has 0 aliphatic rings. The number of aromatic amines is 1. The third-order valence-corrected chi connectivity index (χ3v) is 2.45. The smallest absolute Gasteiger partial charge is 0.194 e. The quantitative estimate of drug-likeness (QED) is 0.564. The molecule has 13 heavy (non-hydrogen) atoms. The van der Waals surface area contributed by atoms with Crippen molar-refractivity contribution < 1.29 is 0 Å². The number of nitrogens with one attached hydrogen (secondary N) is 1. The summed E-state index contributed by atoms with van der Waals surface area (Å²) in [5.74, 6) is 0. The van der Waals surface area contributed by atoms with Gasteiger partial charge in [0.2, 0.25) is 0 Å². The van der Waals surface area contributed by atoms with Crippen LogP contribution in [0.15, 0.2) is 6.33 Å². The van der Waals surface area contributed by atoms with Gasteiger partial charge in [-0.1, -0.05) is 32.6 Å². The molecule has 0 saturated carbocycles. The van der Waals surface area contributed by atoms with E-state index in [9.17, 15) is 0 Å². The Bertz CT molecular complexity index is 276. The van der Waals surface area contributed by atoms with E-state index in [4.69, 9.17) is 12.2 Å². The van der Waals surface area contributed by atoms with Gasteiger partial charge in [0.05, 0.1) is 0 Å². The van der Waals surface area contributed by atoms with Crippen LogP contribution in [-0.2, 0) is 6.54 Å². The maximum Gasteiger partial charge on any atom is 0.194 e. The van der Waals surface area contributed by atoms with E-state index in [0.29, 0.717) is 0 Å². The zero-order valence-corrected chi connectivity index (χ0v) is 8.94. The third-order valence-electron chi connectivity index (χ3n) is 2.12. The van der Waals surface area contributed by atoms with Gasteiger partial charge < -0.3 is 4.57 Å². The van der Waals surface area contributed by atoms with Crippen molar-refractivity contribution in [1.82, 2.24) is 14.8 Å². The number of aryl methyl sites for hydroxylation is 1. The predicted molar refractivity (Wildman–Crippen MR) is 56.2 cm³/mol. The zero-order chi connectivity index (χ0) is 9.52. The first-order valence-electron chi connectivity index (χ1n) is 4.94. The molecule has 1 heterocycles. The van der Waals surface area contributed by atoms with Crippen molar-refractivity contribution in [3.05, 3.63) is 11.1 Å². The summed E-state index contributed by atoms with van der Waals surface area (Å²) in [4.78, 5) is 0. The lowest BCUT2D eigenvalue weighted by atomic mass is 10.1. The maximum atomic E-state index is 5.03. The van der Waals surface area contributed by atoms with Crippen molar-refractivity contribution in [3.63, 3.8) is 0 Å². The highest BCUT2D eigenvalue weighted by Gasteiger charge is 1.93. The molecule has 0 aliphatic heterocycles. The predicted octanol–water partition coefficient (Wildman–Crippen LogP) is 2.91. The van der Waals surface area contributed by atoms with Crippen LogP contribution in [0.25, 0.3) is 0 Å². The minimum Gasteiger partial charge on any atom is -0.307 e. The molecule has 0 aromatic carbocycles. The number of hydrogen-bond acceptors (Lipinski definition) is 2. The van der Waals surface area contributed by atoms with E-state index in [0.717, 1.165) is 11.3 Å². The second-order valence-corrected chi connectivity index (χ2v) is 3.66. The maximum absolute atomic E-state index is 5.03. The van der Waals surface area contributed by atoms with Gasteiger partial charge in [-0.05, 0) is 18.6 Å². The van der Waals surface area contributed by atoms with Crippen molar-refractivity contribution in [2.45, 2.75) is 45.6 Å². The van der Waals surface area contributed by atoms with Crippen LogP contribution >= 0.6 is 12.2 Å². The standard InChI is InChI=1S/C9H17N3S/c1-2-3-4-5-6-7-12-8-10-11-9(12)13/h8H,2-7H2,1H3,(H,11,13). The summed E-state index contributed by atoms with van der Waals surface area (Å²) in [5.41, 5.74) is 0. The van der Waals surface area contributed by atoms with Crippen LogP contribution in [0, 0.1) is 4.77 Å². The van der Waals surface area contributed by atoms with Gasteiger partial charge in [-0.2, -0.15) is 5.10 Å². The summed E-state index contributed by atoms with van der Waals surface area (Å²) < 4.78 is 2.72. The van der Waals surface area contributed by atoms with Gasteiger partial charge in [0.15, 0.2) is 4.77 Å². The Labute approximate surface area is 84.2 Å². The lowest BCUT2D eigenvalue weighted by Gasteiger charge is -2.00. The normalized spacial score (nSPS) is 10.5. The molecule has 74 valence electrons. The minimum absolute atomic E-state index is 0.732. The summed E-state index contributed by atoms with van der Waals surface area (Å²) in [6.07, 6.45) is 8.24. The van der Waals surface area contributed by atoms with E-state index in [1.54, 1.807) is 6.33 Å². The monoisotopic (exact) mass is 199 g/mol. The Kier molecular flexibility index (Phi) is 4.75. The van der Waals surface area contributed by atoms with E-state index in [2.05, 4.69) is 17.1 Å². The molecule has 1 N–H and O–H groups in total. The van der Waals surface area contributed by atoms with Crippen LogP contribution in [0.2, 0.25) is 0 Å². The molecule has 0 saturated heterocycles. The summed E-state index contributed by atoms with van der Waals surface area (Å²) >= 11 is 5.03. The van der Waals surface area contributed by atoms with Crippen LogP contribution in [0.5, 0.6) is 0 Å². The lowest BCUT2D eigenvalue weighted by molar-refractivity contribution is 0.564. The zero-order valence-electron chi connectivity index (χ0n) is 8.12. The average molecular weight is 199 g/mol. The third kappa shape index (κ3) is 3.72. The molecule has 1 rings (SSSR count). The van der Waals surface area contributed by atoms with Crippen LogP contribution in [0.3, 0.4) is 0 Å². The number of aromatic nitrogens is 3. The van der Waals surface area contributed by atoms with Crippen molar-refractivity contribution in [2.75, 3.05) is 0 Å². The highest BCUT2D eigenvalue weighted by atomic mass is 32.1. The van der Waals surface area contributed by atoms with E-state index in [1.807, 2.05) is 4.57 Å². The molecule has 0 spiro atoms. The number of unbranched alkanes of at least 4 members (excludes halogenated alkanes) is 4. The number of rotatable bonds is 6. The lowest BCUT2D eigenvalue weighted by Crippen LogP contribution is -1.96. The van der Waals surface area contributed by atoms with E-state index >= 15 is 0 Å². The SMILES string of the molecule is CCCCCCCn1cn[nH]c1=S. The Morgan fingerprint density at radius 1 is 1.38 bits per heavy atom. The highest BCUT2D eigenvalue weighted by molar-refractivity contribution is 7.71. The van der Waals surface area contributed by atoms with E-state index in [-0.39, 0.29) is 0 Å². The first-order chi connectivity index (χ1) is 6.34. The van der Waals surface area contributed by atoms with Gasteiger partial charge in [-0.25, -0.2) is 0 Å². The van der Waals surface area contributed by atoms with Gasteiger partial charge in [-0.3, -0.25) is 5.10 Å². The second kappa shape index (κ2) is 5.91. The van der Waals surface area contributed by atoms with Gasteiger partial charge in [0.1, 0.15) is 6.33 Å². The summed E-state index contributed by atoms with van der Waals surface area (Å²) in [6.45, 7) is 3.23. The Morgan fingerprint density at radius 3 is 2.77 bits per heavy atom. The molecular weight excluding hydrogens is 182 g/mol. The number of hydrogen-bond donors (Lipinski definition) is 1. The Morgan fingerprint density at radius 2 is 2.15 bits per heavy atom. The van der Waals surface area contributed by atoms with Crippen LogP contribution in [-0.4, -0.2) is 14.8 Å². The molecule has 0 unspecified atom stereocenters. The van der Waals surface area contributed by atoms with Crippen LogP contribution in [0.4, 0.5) is 0 Å². The van der Waals surface area contributed by atoms with Crippen molar-refractivity contribution >= 4 is 12.2 Å². The Balaban J connectivity index is 2.13. The number of H-pyrrole nitrogens is 1. The molecule has 4 heteroatoms.